The number of aryl methyl sites for hydroxylation is 2. The smallest absolute Gasteiger partial charge is 0.362 e. The van der Waals surface area contributed by atoms with Crippen LogP contribution in [0.4, 0.5) is 5.69 Å². The minimum atomic E-state index is -0.786. The van der Waals surface area contributed by atoms with E-state index in [0.29, 0.717) is 5.69 Å². The van der Waals surface area contributed by atoms with Crippen LogP contribution in [0, 0.1) is 13.8 Å². The van der Waals surface area contributed by atoms with Crippen LogP contribution >= 0.6 is 11.6 Å². The first-order chi connectivity index (χ1) is 8.99. The van der Waals surface area contributed by atoms with Crippen molar-refractivity contribution in [3.63, 3.8) is 0 Å². The molecule has 0 amide bonds. The second kappa shape index (κ2) is 6.89. The third-order valence-corrected chi connectivity index (χ3v) is 2.79. The second-order valence-corrected chi connectivity index (χ2v) is 4.16. The fraction of sp³-hybridized carbons (Fsp3) is 0.308. The lowest BCUT2D eigenvalue weighted by Gasteiger charge is -2.02. The SMILES string of the molecule is COC(=O)/C(N=Nc1ccc(C)c(C)c1)=C(/O)CCl. The standard InChI is InChI=1S/C13H15ClN2O3/c1-8-4-5-10(6-9(8)2)15-16-12(11(17)7-14)13(18)19-3/h4-6,17H,7H2,1-3H3/b12-11-,16-15?. The topological polar surface area (TPSA) is 71.2 Å². The Morgan fingerprint density at radius 1 is 1.37 bits per heavy atom. The quantitative estimate of drug-likeness (QED) is 0.302. The average Bonchev–Trinajstić information content (AvgIpc) is 2.42. The Kier molecular flexibility index (Phi) is 5.51. The van der Waals surface area contributed by atoms with Crippen molar-refractivity contribution in [1.29, 1.82) is 0 Å². The van der Waals surface area contributed by atoms with Crippen molar-refractivity contribution in [2.45, 2.75) is 13.8 Å². The highest BCUT2D eigenvalue weighted by Crippen LogP contribution is 2.19. The molecule has 0 bridgehead atoms. The summed E-state index contributed by atoms with van der Waals surface area (Å²) in [6.45, 7) is 3.93. The molecule has 1 aromatic rings. The van der Waals surface area contributed by atoms with Gasteiger partial charge in [-0.25, -0.2) is 4.79 Å². The number of rotatable bonds is 4. The van der Waals surface area contributed by atoms with E-state index in [1.165, 1.54) is 7.11 Å². The molecule has 5 nitrogen and oxygen atoms in total. The second-order valence-electron chi connectivity index (χ2n) is 3.89. The fourth-order valence-corrected chi connectivity index (χ4v) is 1.40. The average molecular weight is 283 g/mol. The summed E-state index contributed by atoms with van der Waals surface area (Å²) in [5.74, 6) is -1.40. The molecule has 0 aromatic heterocycles. The van der Waals surface area contributed by atoms with Crippen LogP contribution in [0.3, 0.4) is 0 Å². The molecule has 0 atom stereocenters. The van der Waals surface area contributed by atoms with Crippen LogP contribution < -0.4 is 0 Å². The molecule has 0 aliphatic carbocycles. The molecule has 102 valence electrons. The van der Waals surface area contributed by atoms with Gasteiger partial charge in [0.2, 0.25) is 5.70 Å². The zero-order valence-electron chi connectivity index (χ0n) is 11.0. The molecule has 0 saturated heterocycles. The Bertz CT molecular complexity index is 539. The monoisotopic (exact) mass is 282 g/mol. The summed E-state index contributed by atoms with van der Waals surface area (Å²) in [5.41, 5.74) is 2.47. The number of esters is 1. The molecule has 0 aliphatic rings. The van der Waals surface area contributed by atoms with Gasteiger partial charge in [-0.1, -0.05) is 6.07 Å². The van der Waals surface area contributed by atoms with Gasteiger partial charge < -0.3 is 9.84 Å². The maximum absolute atomic E-state index is 11.4. The largest absolute Gasteiger partial charge is 0.508 e. The molecule has 6 heteroatoms. The lowest BCUT2D eigenvalue weighted by atomic mass is 10.1. The third-order valence-electron chi connectivity index (χ3n) is 2.53. The van der Waals surface area contributed by atoms with Crippen LogP contribution in [0.5, 0.6) is 0 Å². The number of allylic oxidation sites excluding steroid dienone is 1. The van der Waals surface area contributed by atoms with Crippen molar-refractivity contribution in [3.05, 3.63) is 40.8 Å². The van der Waals surface area contributed by atoms with E-state index in [0.717, 1.165) is 11.1 Å². The molecule has 0 radical (unpaired) electrons. The number of methoxy groups -OCH3 is 1. The molecule has 0 saturated carbocycles. The number of alkyl halides is 1. The van der Waals surface area contributed by atoms with Crippen molar-refractivity contribution in [1.82, 2.24) is 0 Å². The minimum Gasteiger partial charge on any atom is -0.508 e. The zero-order chi connectivity index (χ0) is 14.4. The van der Waals surface area contributed by atoms with E-state index in [-0.39, 0.29) is 17.3 Å². The summed E-state index contributed by atoms with van der Waals surface area (Å²) in [5, 5.41) is 17.1. The highest BCUT2D eigenvalue weighted by molar-refractivity contribution is 6.19. The van der Waals surface area contributed by atoms with Gasteiger partial charge in [0.25, 0.3) is 0 Å². The number of aliphatic hydroxyl groups is 1. The minimum absolute atomic E-state index is 0.240. The maximum atomic E-state index is 11.4. The molecule has 1 rings (SSSR count). The van der Waals surface area contributed by atoms with Gasteiger partial charge in [0.1, 0.15) is 5.76 Å². The normalized spacial score (nSPS) is 12.4. The summed E-state index contributed by atoms with van der Waals surface area (Å²) in [6.07, 6.45) is 0. The van der Waals surface area contributed by atoms with Crippen LogP contribution in [-0.2, 0) is 9.53 Å². The number of aliphatic hydroxyl groups excluding tert-OH is 1. The maximum Gasteiger partial charge on any atom is 0.362 e. The predicted octanol–water partition coefficient (Wildman–Crippen LogP) is 3.57. The van der Waals surface area contributed by atoms with Gasteiger partial charge in [0, 0.05) is 0 Å². The van der Waals surface area contributed by atoms with Gasteiger partial charge in [0.15, 0.2) is 0 Å². The Hall–Kier alpha value is -1.88. The number of azo groups is 1. The molecular weight excluding hydrogens is 268 g/mol. The third kappa shape index (κ3) is 4.06. The molecule has 1 N–H and O–H groups in total. The summed E-state index contributed by atoms with van der Waals surface area (Å²) >= 11 is 5.46. The first-order valence-electron chi connectivity index (χ1n) is 5.55. The number of ether oxygens (including phenoxy) is 1. The molecular formula is C13H15ClN2O3. The lowest BCUT2D eigenvalue weighted by molar-refractivity contribution is -0.136. The van der Waals surface area contributed by atoms with Crippen molar-refractivity contribution in [2.75, 3.05) is 13.0 Å². The van der Waals surface area contributed by atoms with Crippen LogP contribution in [0.2, 0.25) is 0 Å². The van der Waals surface area contributed by atoms with Crippen LogP contribution in [0.25, 0.3) is 0 Å². The fourth-order valence-electron chi connectivity index (χ4n) is 1.27. The highest BCUT2D eigenvalue weighted by atomic mass is 35.5. The number of hydrogen-bond acceptors (Lipinski definition) is 5. The lowest BCUT2D eigenvalue weighted by Crippen LogP contribution is -2.06. The van der Waals surface area contributed by atoms with E-state index in [1.54, 1.807) is 6.07 Å². The van der Waals surface area contributed by atoms with Gasteiger partial charge in [0.05, 0.1) is 18.7 Å². The summed E-state index contributed by atoms with van der Waals surface area (Å²) in [6, 6.07) is 5.48. The van der Waals surface area contributed by atoms with Gasteiger partial charge in [-0.3, -0.25) is 0 Å². The van der Waals surface area contributed by atoms with Crippen LogP contribution in [0.15, 0.2) is 39.9 Å². The Morgan fingerprint density at radius 3 is 2.58 bits per heavy atom. The molecule has 0 heterocycles. The molecule has 0 spiro atoms. The van der Waals surface area contributed by atoms with Crippen molar-refractivity contribution in [2.24, 2.45) is 10.2 Å². The van der Waals surface area contributed by atoms with Crippen molar-refractivity contribution in [3.8, 4) is 0 Å². The van der Waals surface area contributed by atoms with E-state index in [1.807, 2.05) is 26.0 Å². The molecule has 0 unspecified atom stereocenters. The highest BCUT2D eigenvalue weighted by Gasteiger charge is 2.15. The van der Waals surface area contributed by atoms with Crippen molar-refractivity contribution < 1.29 is 14.6 Å². The van der Waals surface area contributed by atoms with Crippen LogP contribution in [0.1, 0.15) is 11.1 Å². The van der Waals surface area contributed by atoms with Gasteiger partial charge in [-0.05, 0) is 37.1 Å². The van der Waals surface area contributed by atoms with Gasteiger partial charge in [-0.15, -0.1) is 16.7 Å². The van der Waals surface area contributed by atoms with E-state index >= 15 is 0 Å². The summed E-state index contributed by atoms with van der Waals surface area (Å²) in [7, 11) is 1.19. The van der Waals surface area contributed by atoms with Crippen molar-refractivity contribution >= 4 is 23.3 Å². The predicted molar refractivity (Wildman–Crippen MR) is 72.8 cm³/mol. The Balaban J connectivity index is 3.05. The zero-order valence-corrected chi connectivity index (χ0v) is 11.7. The number of benzene rings is 1. The first-order valence-corrected chi connectivity index (χ1v) is 6.08. The van der Waals surface area contributed by atoms with E-state index in [9.17, 15) is 9.90 Å². The summed E-state index contributed by atoms with van der Waals surface area (Å²) < 4.78 is 4.50. The molecule has 0 fully saturated rings. The number of carbonyl (C=O) groups excluding carboxylic acids is 1. The number of nitrogens with zero attached hydrogens (tertiary/aromatic N) is 2. The number of carbonyl (C=O) groups is 1. The molecule has 1 aromatic carbocycles. The first kappa shape index (κ1) is 15.2. The Morgan fingerprint density at radius 2 is 2.05 bits per heavy atom. The number of hydrogen-bond donors (Lipinski definition) is 1. The Labute approximate surface area is 116 Å². The van der Waals surface area contributed by atoms with E-state index < -0.39 is 5.97 Å². The van der Waals surface area contributed by atoms with Gasteiger partial charge in [-0.2, -0.15) is 5.11 Å². The molecule has 0 aliphatic heterocycles. The molecule has 19 heavy (non-hydrogen) atoms. The number of halogens is 1. The van der Waals surface area contributed by atoms with E-state index in [2.05, 4.69) is 15.0 Å². The van der Waals surface area contributed by atoms with Crippen LogP contribution in [-0.4, -0.2) is 24.1 Å². The van der Waals surface area contributed by atoms with Gasteiger partial charge >= 0.3 is 5.97 Å². The van der Waals surface area contributed by atoms with E-state index in [4.69, 9.17) is 11.6 Å². The summed E-state index contributed by atoms with van der Waals surface area (Å²) in [4.78, 5) is 11.4.